The smallest absolute Gasteiger partial charge is 0.171 e. The Morgan fingerprint density at radius 3 is 2.77 bits per heavy atom. The number of rotatable bonds is 2. The zero-order valence-corrected chi connectivity index (χ0v) is 14.8. The third-order valence-electron chi connectivity index (χ3n) is 4.41. The molecule has 2 aromatic carbocycles. The van der Waals surface area contributed by atoms with Crippen LogP contribution in [-0.4, -0.2) is 19.9 Å². The SMILES string of the molecule is CC#COc1ccc2c(c1)C1=C(CC2=O)Oc2cc(N(C)C)ccc2N1. The molecule has 130 valence electrons. The molecule has 0 aromatic heterocycles. The van der Waals surface area contributed by atoms with Crippen LogP contribution >= 0.6 is 0 Å². The van der Waals surface area contributed by atoms with Gasteiger partial charge in [-0.15, -0.1) is 0 Å². The number of anilines is 2. The highest BCUT2D eigenvalue weighted by Crippen LogP contribution is 2.43. The van der Waals surface area contributed by atoms with Crippen molar-refractivity contribution in [1.82, 2.24) is 0 Å². The number of hydrogen-bond acceptors (Lipinski definition) is 5. The molecule has 0 bridgehead atoms. The Morgan fingerprint density at radius 1 is 1.15 bits per heavy atom. The molecular weight excluding hydrogens is 328 g/mol. The van der Waals surface area contributed by atoms with Gasteiger partial charge < -0.3 is 19.7 Å². The van der Waals surface area contributed by atoms with Crippen molar-refractivity contribution >= 4 is 22.9 Å². The van der Waals surface area contributed by atoms with Crippen molar-refractivity contribution in [3.05, 3.63) is 53.3 Å². The fraction of sp³-hybridized carbons (Fsp3) is 0.190. The van der Waals surface area contributed by atoms with Crippen molar-refractivity contribution < 1.29 is 14.3 Å². The van der Waals surface area contributed by atoms with Crippen LogP contribution in [0.3, 0.4) is 0 Å². The molecule has 1 aliphatic heterocycles. The normalized spacial score (nSPS) is 14.0. The maximum Gasteiger partial charge on any atom is 0.171 e. The Balaban J connectivity index is 1.77. The minimum absolute atomic E-state index is 0.0286. The lowest BCUT2D eigenvalue weighted by Crippen LogP contribution is -2.22. The van der Waals surface area contributed by atoms with Crippen LogP contribution < -0.4 is 19.7 Å². The lowest BCUT2D eigenvalue weighted by molar-refractivity contribution is 0.0979. The molecule has 1 aliphatic carbocycles. The van der Waals surface area contributed by atoms with Gasteiger partial charge in [0.25, 0.3) is 0 Å². The Labute approximate surface area is 152 Å². The maximum atomic E-state index is 12.5. The molecule has 0 saturated carbocycles. The summed E-state index contributed by atoms with van der Waals surface area (Å²) in [7, 11) is 3.95. The standard InChI is InChI=1S/C21H18N2O3/c1-4-9-25-14-6-7-15-16(11-14)21-20(12-18(15)24)26-19-10-13(23(2)3)5-8-17(19)22-21/h5-8,10-11,22H,12H2,1-3H3. The Bertz CT molecular complexity index is 1010. The molecule has 0 radical (unpaired) electrons. The van der Waals surface area contributed by atoms with Gasteiger partial charge in [-0.2, -0.15) is 0 Å². The summed E-state index contributed by atoms with van der Waals surface area (Å²) in [5.74, 6) is 4.66. The highest BCUT2D eigenvalue weighted by Gasteiger charge is 2.31. The van der Waals surface area contributed by atoms with E-state index in [0.29, 0.717) is 17.1 Å². The van der Waals surface area contributed by atoms with Crippen LogP contribution in [0.1, 0.15) is 29.3 Å². The van der Waals surface area contributed by atoms with E-state index in [1.165, 1.54) is 0 Å². The molecule has 2 aromatic rings. The number of carbonyl (C=O) groups excluding carboxylic acids is 1. The van der Waals surface area contributed by atoms with E-state index in [0.717, 1.165) is 28.4 Å². The number of benzene rings is 2. The van der Waals surface area contributed by atoms with Crippen LogP contribution in [0.2, 0.25) is 0 Å². The number of fused-ring (bicyclic) bond motifs is 3. The van der Waals surface area contributed by atoms with Crippen molar-refractivity contribution in [2.45, 2.75) is 13.3 Å². The molecule has 1 heterocycles. The average molecular weight is 346 g/mol. The van der Waals surface area contributed by atoms with Crippen LogP contribution in [0.15, 0.2) is 42.2 Å². The summed E-state index contributed by atoms with van der Waals surface area (Å²) in [6, 6.07) is 11.3. The highest BCUT2D eigenvalue weighted by molar-refractivity contribution is 6.07. The van der Waals surface area contributed by atoms with Gasteiger partial charge >= 0.3 is 0 Å². The van der Waals surface area contributed by atoms with E-state index in [9.17, 15) is 4.79 Å². The van der Waals surface area contributed by atoms with Crippen LogP contribution in [0.5, 0.6) is 11.5 Å². The van der Waals surface area contributed by atoms with Crippen molar-refractivity contribution in [3.8, 4) is 23.5 Å². The van der Waals surface area contributed by atoms with E-state index >= 15 is 0 Å². The van der Waals surface area contributed by atoms with Gasteiger partial charge in [0.05, 0.1) is 17.8 Å². The zero-order valence-electron chi connectivity index (χ0n) is 14.8. The van der Waals surface area contributed by atoms with Gasteiger partial charge in [0.15, 0.2) is 11.5 Å². The molecule has 0 saturated heterocycles. The van der Waals surface area contributed by atoms with Gasteiger partial charge in [-0.25, -0.2) is 0 Å². The number of carbonyl (C=O) groups is 1. The van der Waals surface area contributed by atoms with Crippen LogP contribution in [-0.2, 0) is 0 Å². The van der Waals surface area contributed by atoms with Crippen LogP contribution in [0, 0.1) is 12.0 Å². The number of ether oxygens (including phenoxy) is 2. The minimum Gasteiger partial charge on any atom is -0.457 e. The first kappa shape index (κ1) is 16.1. The van der Waals surface area contributed by atoms with E-state index in [1.807, 2.05) is 43.3 Å². The average Bonchev–Trinajstić information content (AvgIpc) is 2.64. The van der Waals surface area contributed by atoms with Crippen molar-refractivity contribution in [3.63, 3.8) is 0 Å². The zero-order chi connectivity index (χ0) is 18.3. The molecule has 0 unspecified atom stereocenters. The first-order valence-electron chi connectivity index (χ1n) is 8.32. The minimum atomic E-state index is 0.0286. The number of nitrogens with one attached hydrogen (secondary N) is 1. The summed E-state index contributed by atoms with van der Waals surface area (Å²) in [4.78, 5) is 14.5. The first-order chi connectivity index (χ1) is 12.6. The molecular formula is C21H18N2O3. The molecule has 5 heteroatoms. The van der Waals surface area contributed by atoms with E-state index in [-0.39, 0.29) is 12.2 Å². The second kappa shape index (κ2) is 6.16. The summed E-state index contributed by atoms with van der Waals surface area (Å²) < 4.78 is 11.5. The molecule has 5 nitrogen and oxygen atoms in total. The Hall–Kier alpha value is -3.39. The number of ketones is 1. The van der Waals surface area contributed by atoms with Gasteiger partial charge in [-0.1, -0.05) is 5.92 Å². The molecule has 0 atom stereocenters. The van der Waals surface area contributed by atoms with Gasteiger partial charge in [0.1, 0.15) is 17.6 Å². The fourth-order valence-corrected chi connectivity index (χ4v) is 3.09. The molecule has 0 amide bonds. The van der Waals surface area contributed by atoms with Gasteiger partial charge in [-0.05, 0) is 30.3 Å². The predicted octanol–water partition coefficient (Wildman–Crippen LogP) is 3.87. The van der Waals surface area contributed by atoms with E-state index < -0.39 is 0 Å². The fourth-order valence-electron chi connectivity index (χ4n) is 3.09. The lowest BCUT2D eigenvalue weighted by atomic mass is 9.91. The number of Topliss-reactive ketones (excluding diaryl/α,β-unsaturated/α-hetero) is 1. The number of hydrogen-bond donors (Lipinski definition) is 1. The third kappa shape index (κ3) is 2.66. The second-order valence-corrected chi connectivity index (χ2v) is 6.36. The Morgan fingerprint density at radius 2 is 2.00 bits per heavy atom. The van der Waals surface area contributed by atoms with Gasteiger partial charge in [0, 0.05) is 43.9 Å². The lowest BCUT2D eigenvalue weighted by Gasteiger charge is -2.29. The topological polar surface area (TPSA) is 50.8 Å². The molecule has 26 heavy (non-hydrogen) atoms. The van der Waals surface area contributed by atoms with Crippen molar-refractivity contribution in [1.29, 1.82) is 0 Å². The molecule has 1 N–H and O–H groups in total. The van der Waals surface area contributed by atoms with Gasteiger partial charge in [-0.3, -0.25) is 4.79 Å². The maximum absolute atomic E-state index is 12.5. The van der Waals surface area contributed by atoms with E-state index in [2.05, 4.69) is 17.3 Å². The van der Waals surface area contributed by atoms with Gasteiger partial charge in [0.2, 0.25) is 0 Å². The summed E-state index contributed by atoms with van der Waals surface area (Å²) >= 11 is 0. The Kier molecular flexibility index (Phi) is 3.81. The largest absolute Gasteiger partial charge is 0.457 e. The molecule has 2 aliphatic rings. The summed E-state index contributed by atoms with van der Waals surface area (Å²) in [5.41, 5.74) is 4.14. The number of nitrogens with zero attached hydrogens (tertiary/aromatic N) is 1. The predicted molar refractivity (Wildman–Crippen MR) is 101 cm³/mol. The summed E-state index contributed by atoms with van der Waals surface area (Å²) in [6.07, 6.45) is 2.81. The quantitative estimate of drug-likeness (QED) is 0.837. The third-order valence-corrected chi connectivity index (χ3v) is 4.41. The monoisotopic (exact) mass is 346 g/mol. The van der Waals surface area contributed by atoms with Crippen LogP contribution in [0.25, 0.3) is 5.70 Å². The summed E-state index contributed by atoms with van der Waals surface area (Å²) in [6.45, 7) is 1.71. The van der Waals surface area contributed by atoms with Crippen molar-refractivity contribution in [2.24, 2.45) is 0 Å². The molecule has 0 fully saturated rings. The molecule has 4 rings (SSSR count). The second-order valence-electron chi connectivity index (χ2n) is 6.36. The molecule has 0 spiro atoms. The van der Waals surface area contributed by atoms with Crippen LogP contribution in [0.4, 0.5) is 11.4 Å². The van der Waals surface area contributed by atoms with E-state index in [1.54, 1.807) is 19.1 Å². The number of allylic oxidation sites excluding steroid dienone is 1. The van der Waals surface area contributed by atoms with E-state index in [4.69, 9.17) is 9.47 Å². The summed E-state index contributed by atoms with van der Waals surface area (Å²) in [5, 5.41) is 3.42. The van der Waals surface area contributed by atoms with Crippen molar-refractivity contribution in [2.75, 3.05) is 24.3 Å². The highest BCUT2D eigenvalue weighted by atomic mass is 16.5. The first-order valence-corrected chi connectivity index (χ1v) is 8.32.